The van der Waals surface area contributed by atoms with Crippen molar-refractivity contribution in [1.29, 1.82) is 0 Å². The number of hydrogen-bond acceptors (Lipinski definition) is 4. The van der Waals surface area contributed by atoms with Crippen molar-refractivity contribution in [2.75, 3.05) is 5.32 Å². The highest BCUT2D eigenvalue weighted by atomic mass is 16.4. The van der Waals surface area contributed by atoms with Crippen molar-refractivity contribution in [3.05, 3.63) is 17.8 Å². The Balaban J connectivity index is 2.10. The van der Waals surface area contributed by atoms with Gasteiger partial charge in [0.15, 0.2) is 5.82 Å². The Kier molecular flexibility index (Phi) is 3.56. The summed E-state index contributed by atoms with van der Waals surface area (Å²) < 4.78 is 0. The van der Waals surface area contributed by atoms with Gasteiger partial charge in [-0.15, -0.1) is 5.10 Å². The Morgan fingerprint density at radius 2 is 2.35 bits per heavy atom. The zero-order chi connectivity index (χ0) is 12.3. The molecule has 92 valence electrons. The summed E-state index contributed by atoms with van der Waals surface area (Å²) in [6, 6.07) is 1.79. The number of rotatable bonds is 3. The highest BCUT2D eigenvalue weighted by molar-refractivity contribution is 5.92. The third kappa shape index (κ3) is 2.93. The average Bonchev–Trinajstić information content (AvgIpc) is 2.29. The number of nitrogens with zero attached hydrogens (tertiary/aromatic N) is 2. The van der Waals surface area contributed by atoms with E-state index in [-0.39, 0.29) is 5.56 Å². The van der Waals surface area contributed by atoms with Gasteiger partial charge in [-0.2, -0.15) is 5.10 Å². The maximum absolute atomic E-state index is 11.0. The standard InChI is InChI=1S/C12H17N3O2/c1-8-3-2-4-9(7-8)14-11-10(12(16)17)5-6-13-15-11/h5-6,8-9H,2-4,7H2,1H3,(H,14,15)(H,16,17). The van der Waals surface area contributed by atoms with Crippen LogP contribution in [0.25, 0.3) is 0 Å². The van der Waals surface area contributed by atoms with E-state index in [1.165, 1.54) is 25.1 Å². The Hall–Kier alpha value is -1.65. The number of anilines is 1. The van der Waals surface area contributed by atoms with E-state index >= 15 is 0 Å². The van der Waals surface area contributed by atoms with Gasteiger partial charge in [-0.3, -0.25) is 0 Å². The van der Waals surface area contributed by atoms with Crippen LogP contribution in [0.5, 0.6) is 0 Å². The van der Waals surface area contributed by atoms with Crippen molar-refractivity contribution in [2.24, 2.45) is 5.92 Å². The highest BCUT2D eigenvalue weighted by Gasteiger charge is 2.21. The number of nitrogens with one attached hydrogen (secondary N) is 1. The molecule has 0 amide bonds. The zero-order valence-corrected chi connectivity index (χ0v) is 9.89. The molecule has 2 unspecified atom stereocenters. The van der Waals surface area contributed by atoms with E-state index in [2.05, 4.69) is 22.4 Å². The summed E-state index contributed by atoms with van der Waals surface area (Å²) in [5.74, 6) is 0.108. The molecule has 0 aromatic carbocycles. The van der Waals surface area contributed by atoms with E-state index < -0.39 is 5.97 Å². The molecule has 1 aromatic heterocycles. The molecule has 0 aliphatic heterocycles. The van der Waals surface area contributed by atoms with E-state index in [0.717, 1.165) is 12.8 Å². The minimum Gasteiger partial charge on any atom is -0.478 e. The molecule has 2 N–H and O–H groups in total. The Morgan fingerprint density at radius 3 is 3.06 bits per heavy atom. The molecule has 1 aliphatic carbocycles. The van der Waals surface area contributed by atoms with Crippen LogP contribution >= 0.6 is 0 Å². The minimum atomic E-state index is -0.966. The van der Waals surface area contributed by atoms with Gasteiger partial charge < -0.3 is 10.4 Å². The molecule has 0 saturated heterocycles. The van der Waals surface area contributed by atoms with Crippen LogP contribution in [0.15, 0.2) is 12.3 Å². The highest BCUT2D eigenvalue weighted by Crippen LogP contribution is 2.26. The molecule has 0 spiro atoms. The van der Waals surface area contributed by atoms with Gasteiger partial charge >= 0.3 is 5.97 Å². The lowest BCUT2D eigenvalue weighted by molar-refractivity contribution is 0.0697. The van der Waals surface area contributed by atoms with Gasteiger partial charge in [0.25, 0.3) is 0 Å². The molecule has 1 heterocycles. The van der Waals surface area contributed by atoms with Crippen molar-refractivity contribution >= 4 is 11.8 Å². The lowest BCUT2D eigenvalue weighted by Crippen LogP contribution is -2.27. The number of aromatic carboxylic acids is 1. The fraction of sp³-hybridized carbons (Fsp3) is 0.583. The van der Waals surface area contributed by atoms with Crippen LogP contribution in [0.3, 0.4) is 0 Å². The van der Waals surface area contributed by atoms with Crippen molar-refractivity contribution in [2.45, 2.75) is 38.6 Å². The summed E-state index contributed by atoms with van der Waals surface area (Å²) in [6.07, 6.45) is 5.97. The van der Waals surface area contributed by atoms with Crippen molar-refractivity contribution in [3.63, 3.8) is 0 Å². The molecule has 2 rings (SSSR count). The van der Waals surface area contributed by atoms with Gasteiger partial charge in [0.1, 0.15) is 5.56 Å². The van der Waals surface area contributed by atoms with E-state index in [1.807, 2.05) is 0 Å². The van der Waals surface area contributed by atoms with Gasteiger partial charge in [-0.25, -0.2) is 4.79 Å². The predicted molar refractivity (Wildman–Crippen MR) is 64.0 cm³/mol. The van der Waals surface area contributed by atoms with Crippen LogP contribution in [-0.2, 0) is 0 Å². The SMILES string of the molecule is CC1CCCC(Nc2nnccc2C(=O)O)C1. The van der Waals surface area contributed by atoms with E-state index in [9.17, 15) is 4.79 Å². The topological polar surface area (TPSA) is 75.1 Å². The third-order valence-corrected chi connectivity index (χ3v) is 3.23. The van der Waals surface area contributed by atoms with E-state index in [1.54, 1.807) is 0 Å². The molecule has 1 fully saturated rings. The fourth-order valence-electron chi connectivity index (χ4n) is 2.37. The van der Waals surface area contributed by atoms with Gasteiger partial charge in [0.2, 0.25) is 0 Å². The monoisotopic (exact) mass is 235 g/mol. The molecule has 0 bridgehead atoms. The number of carboxylic acids is 1. The molecule has 1 saturated carbocycles. The smallest absolute Gasteiger partial charge is 0.339 e. The summed E-state index contributed by atoms with van der Waals surface area (Å²) in [7, 11) is 0. The van der Waals surface area contributed by atoms with Crippen LogP contribution in [0.4, 0.5) is 5.82 Å². The van der Waals surface area contributed by atoms with Crippen LogP contribution in [0, 0.1) is 5.92 Å². The van der Waals surface area contributed by atoms with Gasteiger partial charge in [0.05, 0.1) is 6.20 Å². The zero-order valence-electron chi connectivity index (χ0n) is 9.89. The normalized spacial score (nSPS) is 24.3. The summed E-state index contributed by atoms with van der Waals surface area (Å²) in [6.45, 7) is 2.22. The van der Waals surface area contributed by atoms with Crippen LogP contribution < -0.4 is 5.32 Å². The molecule has 17 heavy (non-hydrogen) atoms. The predicted octanol–water partition coefficient (Wildman–Crippen LogP) is 2.17. The van der Waals surface area contributed by atoms with Crippen molar-refractivity contribution < 1.29 is 9.90 Å². The first-order valence-corrected chi connectivity index (χ1v) is 5.98. The maximum Gasteiger partial charge on any atom is 0.339 e. The first-order chi connectivity index (χ1) is 8.16. The summed E-state index contributed by atoms with van der Waals surface area (Å²) >= 11 is 0. The molecule has 2 atom stereocenters. The minimum absolute atomic E-state index is 0.193. The van der Waals surface area contributed by atoms with Crippen molar-refractivity contribution in [1.82, 2.24) is 10.2 Å². The fourth-order valence-corrected chi connectivity index (χ4v) is 2.37. The Labute approximate surface area is 100 Å². The molecule has 5 nitrogen and oxygen atoms in total. The first kappa shape index (κ1) is 11.8. The lowest BCUT2D eigenvalue weighted by Gasteiger charge is -2.27. The van der Waals surface area contributed by atoms with Gasteiger partial charge in [-0.05, 0) is 24.8 Å². The average molecular weight is 235 g/mol. The lowest BCUT2D eigenvalue weighted by atomic mass is 9.87. The molecular weight excluding hydrogens is 218 g/mol. The second kappa shape index (κ2) is 5.12. The largest absolute Gasteiger partial charge is 0.478 e. The quantitative estimate of drug-likeness (QED) is 0.839. The molecule has 0 radical (unpaired) electrons. The van der Waals surface area contributed by atoms with E-state index in [4.69, 9.17) is 5.11 Å². The molecular formula is C12H17N3O2. The van der Waals surface area contributed by atoms with Crippen LogP contribution in [-0.4, -0.2) is 27.3 Å². The van der Waals surface area contributed by atoms with Crippen molar-refractivity contribution in [3.8, 4) is 0 Å². The molecule has 1 aliphatic rings. The number of aromatic nitrogens is 2. The number of hydrogen-bond donors (Lipinski definition) is 2. The van der Waals surface area contributed by atoms with Crippen LogP contribution in [0.1, 0.15) is 43.0 Å². The van der Waals surface area contributed by atoms with E-state index in [0.29, 0.717) is 17.8 Å². The molecule has 1 aromatic rings. The van der Waals surface area contributed by atoms with Gasteiger partial charge in [0, 0.05) is 6.04 Å². The second-order valence-corrected chi connectivity index (χ2v) is 4.71. The summed E-state index contributed by atoms with van der Waals surface area (Å²) in [4.78, 5) is 11.0. The Bertz CT molecular complexity index is 408. The number of carbonyl (C=O) groups is 1. The first-order valence-electron chi connectivity index (χ1n) is 5.98. The third-order valence-electron chi connectivity index (χ3n) is 3.23. The Morgan fingerprint density at radius 1 is 1.53 bits per heavy atom. The van der Waals surface area contributed by atoms with Crippen LogP contribution in [0.2, 0.25) is 0 Å². The summed E-state index contributed by atoms with van der Waals surface area (Å²) in [5.41, 5.74) is 0.193. The maximum atomic E-state index is 11.0. The second-order valence-electron chi connectivity index (χ2n) is 4.71. The summed E-state index contributed by atoms with van der Waals surface area (Å²) in [5, 5.41) is 19.9. The number of carboxylic acid groups (broad SMARTS) is 1. The molecule has 5 heteroatoms. The van der Waals surface area contributed by atoms with Gasteiger partial charge in [-0.1, -0.05) is 19.8 Å².